The minimum atomic E-state index is 1.00. The number of rotatable bonds is 1. The highest BCUT2D eigenvalue weighted by molar-refractivity contribution is 5.50. The van der Waals surface area contributed by atoms with E-state index in [2.05, 4.69) is 24.6 Å². The largest absolute Gasteiger partial charge is 0.245 e. The molecule has 0 heterocycles. The maximum absolute atomic E-state index is 3.49. The van der Waals surface area contributed by atoms with Crippen LogP contribution < -0.4 is 0 Å². The molecule has 0 aromatic rings. The second-order valence-electron chi connectivity index (χ2n) is 2.05. The van der Waals surface area contributed by atoms with E-state index < -0.39 is 0 Å². The Hall–Kier alpha value is -0.330. The summed E-state index contributed by atoms with van der Waals surface area (Å²) in [5, 5.41) is 0. The minimum Gasteiger partial charge on any atom is -0.245 e. The van der Waals surface area contributed by atoms with Crippen molar-refractivity contribution in [2.75, 3.05) is 14.1 Å². The lowest BCUT2D eigenvalue weighted by molar-refractivity contribution is -0.460. The standard InChI is InChI=1S/C5H12N.C3H7/c1-4-5-6(2)3;1-3-2/h5H,4H2,1-3H3;1,3H2,2H3/q+1;. The normalized spacial score (nSPS) is 7.22. The summed E-state index contributed by atoms with van der Waals surface area (Å²) in [6.07, 6.45) is 4.26. The third-order valence-corrected chi connectivity index (χ3v) is 0.548. The van der Waals surface area contributed by atoms with Gasteiger partial charge in [-0.05, 0) is 0 Å². The molecule has 0 fully saturated rings. The van der Waals surface area contributed by atoms with Crippen molar-refractivity contribution in [3.05, 3.63) is 6.92 Å². The molecule has 0 aromatic carbocycles. The van der Waals surface area contributed by atoms with Gasteiger partial charge in [0.25, 0.3) is 0 Å². The molecule has 0 bridgehead atoms. The first-order valence-corrected chi connectivity index (χ1v) is 3.48. The summed E-state index contributed by atoms with van der Waals surface area (Å²) in [5.74, 6) is 0. The smallest absolute Gasteiger partial charge is 0.138 e. The molecular formula is C8H19N+. The monoisotopic (exact) mass is 129 g/mol. The van der Waals surface area contributed by atoms with Crippen molar-refractivity contribution in [3.8, 4) is 0 Å². The van der Waals surface area contributed by atoms with Gasteiger partial charge < -0.3 is 0 Å². The van der Waals surface area contributed by atoms with Crippen molar-refractivity contribution in [2.24, 2.45) is 0 Å². The first-order chi connectivity index (χ1) is 4.18. The van der Waals surface area contributed by atoms with Crippen molar-refractivity contribution in [3.63, 3.8) is 0 Å². The fourth-order valence-electron chi connectivity index (χ4n) is 0.365. The topological polar surface area (TPSA) is 3.01 Å². The van der Waals surface area contributed by atoms with Gasteiger partial charge in [-0.15, -0.1) is 0 Å². The summed E-state index contributed by atoms with van der Waals surface area (Å²) >= 11 is 0. The van der Waals surface area contributed by atoms with Crippen LogP contribution in [0.3, 0.4) is 0 Å². The van der Waals surface area contributed by atoms with E-state index in [9.17, 15) is 0 Å². The van der Waals surface area contributed by atoms with Gasteiger partial charge in [0, 0.05) is 6.42 Å². The summed E-state index contributed by atoms with van der Waals surface area (Å²) in [4.78, 5) is 0. The van der Waals surface area contributed by atoms with Crippen LogP contribution in [-0.4, -0.2) is 24.9 Å². The predicted octanol–water partition coefficient (Wildman–Crippen LogP) is 1.97. The second-order valence-corrected chi connectivity index (χ2v) is 2.05. The molecule has 9 heavy (non-hydrogen) atoms. The van der Waals surface area contributed by atoms with Crippen LogP contribution in [0.25, 0.3) is 0 Å². The Kier molecular flexibility index (Phi) is 13.5. The molecule has 0 spiro atoms. The average Bonchev–Trinajstić information content (AvgIpc) is 1.67. The van der Waals surface area contributed by atoms with E-state index in [0.717, 1.165) is 12.8 Å². The Labute approximate surface area is 59.4 Å². The minimum absolute atomic E-state index is 1.00. The molecule has 0 atom stereocenters. The number of nitrogens with zero attached hydrogens (tertiary/aromatic N) is 1. The van der Waals surface area contributed by atoms with Gasteiger partial charge in [0.2, 0.25) is 0 Å². The maximum Gasteiger partial charge on any atom is 0.138 e. The molecule has 0 unspecified atom stereocenters. The third-order valence-electron chi connectivity index (χ3n) is 0.548. The van der Waals surface area contributed by atoms with Crippen molar-refractivity contribution < 1.29 is 4.58 Å². The fraction of sp³-hybridized carbons (Fsp3) is 0.750. The van der Waals surface area contributed by atoms with Gasteiger partial charge in [0.15, 0.2) is 0 Å². The van der Waals surface area contributed by atoms with E-state index in [0.29, 0.717) is 0 Å². The molecule has 1 nitrogen and oxygen atoms in total. The SMILES string of the molecule is CCC=[N+](C)C.[CH2]CC. The Morgan fingerprint density at radius 1 is 1.33 bits per heavy atom. The van der Waals surface area contributed by atoms with E-state index in [-0.39, 0.29) is 0 Å². The van der Waals surface area contributed by atoms with Crippen molar-refractivity contribution in [1.29, 1.82) is 0 Å². The van der Waals surface area contributed by atoms with Crippen LogP contribution in [0.1, 0.15) is 26.7 Å². The highest BCUT2D eigenvalue weighted by Crippen LogP contribution is 1.61. The van der Waals surface area contributed by atoms with Gasteiger partial charge in [-0.3, -0.25) is 0 Å². The zero-order valence-electron chi connectivity index (χ0n) is 7.15. The summed E-state index contributed by atoms with van der Waals surface area (Å²) in [6, 6.07) is 0. The lowest BCUT2D eigenvalue weighted by Gasteiger charge is -1.76. The highest BCUT2D eigenvalue weighted by Gasteiger charge is 1.72. The average molecular weight is 129 g/mol. The van der Waals surface area contributed by atoms with Crippen LogP contribution in [0.2, 0.25) is 0 Å². The quantitative estimate of drug-likeness (QED) is 0.376. The third kappa shape index (κ3) is 34.6. The molecule has 0 aliphatic heterocycles. The van der Waals surface area contributed by atoms with Crippen molar-refractivity contribution >= 4 is 6.21 Å². The first-order valence-electron chi connectivity index (χ1n) is 3.48. The molecule has 0 aliphatic carbocycles. The Morgan fingerprint density at radius 3 is 1.67 bits per heavy atom. The van der Waals surface area contributed by atoms with E-state index in [1.165, 1.54) is 0 Å². The fourth-order valence-corrected chi connectivity index (χ4v) is 0.365. The Balaban J connectivity index is 0. The molecule has 1 heteroatoms. The van der Waals surface area contributed by atoms with Crippen LogP contribution >= 0.6 is 0 Å². The zero-order valence-corrected chi connectivity index (χ0v) is 7.15. The molecular weight excluding hydrogens is 110 g/mol. The van der Waals surface area contributed by atoms with Crippen LogP contribution in [0.4, 0.5) is 0 Å². The second kappa shape index (κ2) is 10.6. The maximum atomic E-state index is 3.49. The molecule has 0 amide bonds. The van der Waals surface area contributed by atoms with Crippen molar-refractivity contribution in [2.45, 2.75) is 26.7 Å². The van der Waals surface area contributed by atoms with Crippen LogP contribution in [0.15, 0.2) is 0 Å². The van der Waals surface area contributed by atoms with Gasteiger partial charge in [-0.1, -0.05) is 27.2 Å². The molecule has 0 rings (SSSR count). The van der Waals surface area contributed by atoms with Gasteiger partial charge in [-0.25, -0.2) is 4.58 Å². The van der Waals surface area contributed by atoms with Crippen molar-refractivity contribution in [1.82, 2.24) is 0 Å². The molecule has 0 saturated carbocycles. The molecule has 1 radical (unpaired) electrons. The summed E-state index contributed by atoms with van der Waals surface area (Å²) < 4.78 is 2.06. The molecule has 0 saturated heterocycles. The molecule has 0 aliphatic rings. The Morgan fingerprint density at radius 2 is 1.67 bits per heavy atom. The summed E-state index contributed by atoms with van der Waals surface area (Å²) in [6.45, 7) is 7.62. The van der Waals surface area contributed by atoms with E-state index >= 15 is 0 Å². The zero-order chi connectivity index (χ0) is 7.70. The van der Waals surface area contributed by atoms with E-state index in [1.807, 2.05) is 21.0 Å². The lowest BCUT2D eigenvalue weighted by atomic mass is 10.5. The first kappa shape index (κ1) is 11.5. The predicted molar refractivity (Wildman–Crippen MR) is 44.1 cm³/mol. The van der Waals surface area contributed by atoms with E-state index in [1.54, 1.807) is 0 Å². The van der Waals surface area contributed by atoms with Gasteiger partial charge in [-0.2, -0.15) is 0 Å². The van der Waals surface area contributed by atoms with Crippen LogP contribution in [-0.2, 0) is 0 Å². The van der Waals surface area contributed by atoms with Gasteiger partial charge in [0.05, 0.1) is 0 Å². The lowest BCUT2D eigenvalue weighted by Crippen LogP contribution is -1.95. The summed E-state index contributed by atoms with van der Waals surface area (Å²) in [7, 11) is 4.06. The molecule has 55 valence electrons. The van der Waals surface area contributed by atoms with Gasteiger partial charge >= 0.3 is 0 Å². The van der Waals surface area contributed by atoms with Gasteiger partial charge in [0.1, 0.15) is 20.3 Å². The van der Waals surface area contributed by atoms with Crippen LogP contribution in [0.5, 0.6) is 0 Å². The number of hydrogen-bond donors (Lipinski definition) is 0. The highest BCUT2D eigenvalue weighted by atomic mass is 14.9. The number of hydrogen-bond acceptors (Lipinski definition) is 0. The Bertz CT molecular complexity index is 61.0. The molecule has 0 aromatic heterocycles. The molecule has 0 N–H and O–H groups in total. The van der Waals surface area contributed by atoms with Crippen LogP contribution in [0, 0.1) is 6.92 Å². The summed E-state index contributed by atoms with van der Waals surface area (Å²) in [5.41, 5.74) is 0. The van der Waals surface area contributed by atoms with E-state index in [4.69, 9.17) is 0 Å².